The number of rotatable bonds is 2. The zero-order chi connectivity index (χ0) is 7.40. The quantitative estimate of drug-likeness (QED) is 0.568. The highest BCUT2D eigenvalue weighted by Gasteiger charge is 2.09. The Kier molecular flexibility index (Phi) is 2.82. The second-order valence-electron chi connectivity index (χ2n) is 1.89. The summed E-state index contributed by atoms with van der Waals surface area (Å²) in [5, 5.41) is 0. The molecule has 1 nitrogen and oxygen atoms in total. The molecule has 0 heterocycles. The lowest BCUT2D eigenvalue weighted by molar-refractivity contribution is 0.385. The number of hydrogen-bond acceptors (Lipinski definition) is 1. The summed E-state index contributed by atoms with van der Waals surface area (Å²) < 4.78 is 27.4. The van der Waals surface area contributed by atoms with Crippen LogP contribution in [0.25, 0.3) is 0 Å². The van der Waals surface area contributed by atoms with Gasteiger partial charge in [0.15, 0.2) is 0 Å². The second-order valence-corrected chi connectivity index (χ2v) is 2.48. The van der Waals surface area contributed by atoms with Crippen LogP contribution >= 0.6 is 8.77 Å². The van der Waals surface area contributed by atoms with Gasteiger partial charge in [0.2, 0.25) is 0 Å². The summed E-state index contributed by atoms with van der Waals surface area (Å²) in [5.74, 6) is 0.401. The molecule has 0 saturated carbocycles. The van der Waals surface area contributed by atoms with Crippen LogP contribution in [0.5, 0.6) is 0 Å². The van der Waals surface area contributed by atoms with E-state index in [1.54, 1.807) is 12.2 Å². The van der Waals surface area contributed by atoms with Crippen molar-refractivity contribution in [3.63, 3.8) is 0 Å². The van der Waals surface area contributed by atoms with E-state index in [9.17, 15) is 8.39 Å². The number of allylic oxidation sites excluding steroid dienone is 4. The highest BCUT2D eigenvalue weighted by Crippen LogP contribution is 2.43. The zero-order valence-electron chi connectivity index (χ0n) is 5.26. The van der Waals surface area contributed by atoms with Crippen molar-refractivity contribution < 1.29 is 12.9 Å². The van der Waals surface area contributed by atoms with Crippen LogP contribution in [0.3, 0.4) is 0 Å². The van der Waals surface area contributed by atoms with E-state index in [-0.39, 0.29) is 0 Å². The van der Waals surface area contributed by atoms with E-state index in [1.165, 1.54) is 0 Å². The monoisotopic (exact) mass is 164 g/mol. The molecule has 0 aromatic heterocycles. The summed E-state index contributed by atoms with van der Waals surface area (Å²) in [7, 11) is -3.23. The van der Waals surface area contributed by atoms with Crippen LogP contribution in [0.2, 0.25) is 0 Å². The molecule has 0 N–H and O–H groups in total. The average Bonchev–Trinajstić information content (AvgIpc) is 1.88. The molecule has 1 rings (SSSR count). The van der Waals surface area contributed by atoms with Gasteiger partial charge in [-0.25, -0.2) is 0 Å². The molecular weight excluding hydrogens is 157 g/mol. The molecule has 0 aromatic rings. The molecule has 1 aliphatic carbocycles. The Balaban J connectivity index is 2.39. The molecule has 0 fully saturated rings. The van der Waals surface area contributed by atoms with Crippen molar-refractivity contribution >= 4 is 8.77 Å². The van der Waals surface area contributed by atoms with Gasteiger partial charge < -0.3 is 4.52 Å². The molecule has 0 aliphatic heterocycles. The summed E-state index contributed by atoms with van der Waals surface area (Å²) in [6, 6.07) is 0. The average molecular weight is 164 g/mol. The van der Waals surface area contributed by atoms with Crippen LogP contribution in [0.4, 0.5) is 8.39 Å². The summed E-state index contributed by atoms with van der Waals surface area (Å²) in [5.41, 5.74) is 0. The lowest BCUT2D eigenvalue weighted by Gasteiger charge is -2.07. The third kappa shape index (κ3) is 2.44. The molecule has 0 unspecified atom stereocenters. The van der Waals surface area contributed by atoms with Crippen LogP contribution in [0.1, 0.15) is 12.8 Å². The fourth-order valence-corrected chi connectivity index (χ4v) is 1.07. The van der Waals surface area contributed by atoms with Crippen LogP contribution in [-0.4, -0.2) is 0 Å². The normalized spacial score (nSPS) is 17.3. The Morgan fingerprint density at radius 1 is 1.50 bits per heavy atom. The number of halogens is 2. The summed E-state index contributed by atoms with van der Waals surface area (Å²) in [6.45, 7) is 0. The summed E-state index contributed by atoms with van der Waals surface area (Å²) in [6.07, 6.45) is 6.64. The van der Waals surface area contributed by atoms with Gasteiger partial charge in [0.25, 0.3) is 0 Å². The first-order chi connectivity index (χ1) is 4.79. The third-order valence-electron chi connectivity index (χ3n) is 1.16. The van der Waals surface area contributed by atoms with Crippen molar-refractivity contribution in [3.05, 3.63) is 24.0 Å². The first kappa shape index (κ1) is 7.67. The SMILES string of the molecule is FP(F)OC1=CC=CCC1. The standard InChI is InChI=1S/C6H7F2OP/c7-10(8)9-6-4-2-1-3-5-6/h1-2,4H,3,5H2. The van der Waals surface area contributed by atoms with Crippen molar-refractivity contribution in [1.29, 1.82) is 0 Å². The lowest BCUT2D eigenvalue weighted by atomic mass is 10.2. The van der Waals surface area contributed by atoms with E-state index in [0.29, 0.717) is 12.2 Å². The Morgan fingerprint density at radius 3 is 2.80 bits per heavy atom. The van der Waals surface area contributed by atoms with Crippen LogP contribution < -0.4 is 0 Å². The van der Waals surface area contributed by atoms with Crippen LogP contribution in [-0.2, 0) is 4.52 Å². The molecule has 0 saturated heterocycles. The minimum atomic E-state index is -3.23. The Morgan fingerprint density at radius 2 is 2.30 bits per heavy atom. The molecule has 0 bridgehead atoms. The van der Waals surface area contributed by atoms with E-state index >= 15 is 0 Å². The molecule has 4 heteroatoms. The third-order valence-corrected chi connectivity index (χ3v) is 1.53. The maximum Gasteiger partial charge on any atom is 0.481 e. The van der Waals surface area contributed by atoms with Crippen LogP contribution in [0, 0.1) is 0 Å². The smallest absolute Gasteiger partial charge is 0.425 e. The Bertz CT molecular complexity index is 165. The van der Waals surface area contributed by atoms with Gasteiger partial charge in [-0.1, -0.05) is 12.2 Å². The highest BCUT2D eigenvalue weighted by atomic mass is 31.2. The van der Waals surface area contributed by atoms with Gasteiger partial charge in [-0.15, -0.1) is 8.39 Å². The molecule has 0 spiro atoms. The van der Waals surface area contributed by atoms with Crippen molar-refractivity contribution in [1.82, 2.24) is 0 Å². The Labute approximate surface area is 59.5 Å². The van der Waals surface area contributed by atoms with Gasteiger partial charge in [-0.05, 0) is 12.5 Å². The van der Waals surface area contributed by atoms with Gasteiger partial charge in [-0.3, -0.25) is 0 Å². The highest BCUT2D eigenvalue weighted by molar-refractivity contribution is 7.40. The van der Waals surface area contributed by atoms with Gasteiger partial charge in [-0.2, -0.15) is 0 Å². The van der Waals surface area contributed by atoms with Crippen molar-refractivity contribution in [2.45, 2.75) is 12.8 Å². The molecule has 0 radical (unpaired) electrons. The molecule has 0 aromatic carbocycles. The van der Waals surface area contributed by atoms with E-state index in [4.69, 9.17) is 0 Å². The topological polar surface area (TPSA) is 9.23 Å². The summed E-state index contributed by atoms with van der Waals surface area (Å²) in [4.78, 5) is 0. The molecule has 0 amide bonds. The van der Waals surface area contributed by atoms with Crippen LogP contribution in [0.15, 0.2) is 24.0 Å². The molecule has 0 atom stereocenters. The zero-order valence-corrected chi connectivity index (χ0v) is 6.15. The minimum absolute atomic E-state index is 0.401. The van der Waals surface area contributed by atoms with E-state index in [0.717, 1.165) is 6.42 Å². The Hall–Kier alpha value is -0.430. The molecular formula is C6H7F2OP. The molecule has 1 aliphatic rings. The van der Waals surface area contributed by atoms with Gasteiger partial charge in [0.05, 0.1) is 0 Å². The van der Waals surface area contributed by atoms with E-state index < -0.39 is 8.77 Å². The second kappa shape index (κ2) is 3.67. The van der Waals surface area contributed by atoms with E-state index in [2.05, 4.69) is 4.52 Å². The first-order valence-corrected chi connectivity index (χ1v) is 3.98. The van der Waals surface area contributed by atoms with Gasteiger partial charge >= 0.3 is 8.77 Å². The summed E-state index contributed by atoms with van der Waals surface area (Å²) >= 11 is 0. The van der Waals surface area contributed by atoms with Crippen molar-refractivity contribution in [2.75, 3.05) is 0 Å². The first-order valence-electron chi connectivity index (χ1n) is 2.94. The minimum Gasteiger partial charge on any atom is -0.425 e. The van der Waals surface area contributed by atoms with E-state index in [1.807, 2.05) is 6.08 Å². The predicted octanol–water partition coefficient (Wildman–Crippen LogP) is 3.40. The predicted molar refractivity (Wildman–Crippen MR) is 36.7 cm³/mol. The van der Waals surface area contributed by atoms with Crippen molar-refractivity contribution in [2.24, 2.45) is 0 Å². The number of hydrogen-bond donors (Lipinski definition) is 0. The fourth-order valence-electron chi connectivity index (χ4n) is 0.745. The van der Waals surface area contributed by atoms with Gasteiger partial charge in [0.1, 0.15) is 5.76 Å². The molecule has 56 valence electrons. The maximum absolute atomic E-state index is 11.6. The van der Waals surface area contributed by atoms with Crippen molar-refractivity contribution in [3.8, 4) is 0 Å². The largest absolute Gasteiger partial charge is 0.481 e. The van der Waals surface area contributed by atoms with Gasteiger partial charge in [0, 0.05) is 6.42 Å². The lowest BCUT2D eigenvalue weighted by Crippen LogP contribution is -1.86. The fraction of sp³-hybridized carbons (Fsp3) is 0.333. The molecule has 10 heavy (non-hydrogen) atoms. The maximum atomic E-state index is 11.6.